The van der Waals surface area contributed by atoms with Gasteiger partial charge in [0.15, 0.2) is 13.9 Å². The van der Waals surface area contributed by atoms with Gasteiger partial charge in [-0.3, -0.25) is 9.69 Å². The Morgan fingerprint density at radius 2 is 1.94 bits per heavy atom. The monoisotopic (exact) mass is 484 g/mol. The van der Waals surface area contributed by atoms with Crippen LogP contribution in [0.15, 0.2) is 10.8 Å². The van der Waals surface area contributed by atoms with Crippen molar-refractivity contribution in [1.82, 2.24) is 20.4 Å². The Labute approximate surface area is 197 Å². The first-order chi connectivity index (χ1) is 15.0. The fourth-order valence-corrected chi connectivity index (χ4v) is 4.59. The number of nitrogens with one attached hydrogen (secondary N) is 1. The standard InChI is InChI=1S/C22H40N4O6Si/c1-15(27)22(11-10-12-26(22)19(29)32-20(2,3)4)18(28)24-16(17-25-23-14-30-17)13-31-33(8,9)21(5,6)7/h14-16,27H,10-13H2,1-9H3,(H,24,28). The second kappa shape index (κ2) is 9.71. The van der Waals surface area contributed by atoms with E-state index in [1.165, 1.54) is 18.2 Å². The van der Waals surface area contributed by atoms with Gasteiger partial charge in [-0.25, -0.2) is 4.79 Å². The molecule has 3 unspecified atom stereocenters. The maximum absolute atomic E-state index is 13.7. The summed E-state index contributed by atoms with van der Waals surface area (Å²) in [7, 11) is -2.14. The van der Waals surface area contributed by atoms with Crippen molar-refractivity contribution >= 4 is 20.3 Å². The molecule has 0 spiro atoms. The molecule has 1 aliphatic heterocycles. The molecule has 1 fully saturated rings. The number of hydrogen-bond donors (Lipinski definition) is 2. The van der Waals surface area contributed by atoms with Crippen molar-refractivity contribution in [2.24, 2.45) is 0 Å². The van der Waals surface area contributed by atoms with Crippen LogP contribution in [0.25, 0.3) is 0 Å². The van der Waals surface area contributed by atoms with Crippen LogP contribution in [0.4, 0.5) is 4.79 Å². The molecule has 188 valence electrons. The Hall–Kier alpha value is -1.98. The van der Waals surface area contributed by atoms with E-state index in [1.807, 2.05) is 0 Å². The van der Waals surface area contributed by atoms with Gasteiger partial charge < -0.3 is 24.0 Å². The van der Waals surface area contributed by atoms with Gasteiger partial charge >= 0.3 is 6.09 Å². The molecule has 3 atom stereocenters. The lowest BCUT2D eigenvalue weighted by atomic mass is 9.88. The van der Waals surface area contributed by atoms with Crippen LogP contribution in [0, 0.1) is 0 Å². The molecule has 10 nitrogen and oxygen atoms in total. The molecule has 11 heteroatoms. The molecule has 1 aromatic heterocycles. The minimum atomic E-state index is -2.14. The predicted molar refractivity (Wildman–Crippen MR) is 125 cm³/mol. The third kappa shape index (κ3) is 6.13. The summed E-state index contributed by atoms with van der Waals surface area (Å²) in [6.45, 7) is 17.8. The van der Waals surface area contributed by atoms with Gasteiger partial charge in [0.05, 0.1) is 12.7 Å². The van der Waals surface area contributed by atoms with Gasteiger partial charge in [-0.15, -0.1) is 10.2 Å². The fraction of sp³-hybridized carbons (Fsp3) is 0.818. The summed E-state index contributed by atoms with van der Waals surface area (Å²) in [6.07, 6.45) is 0.284. The van der Waals surface area contributed by atoms with E-state index in [0.717, 1.165) is 0 Å². The Morgan fingerprint density at radius 1 is 1.30 bits per heavy atom. The second-order valence-electron chi connectivity index (χ2n) is 11.2. The molecule has 0 aromatic carbocycles. The minimum absolute atomic E-state index is 0.0315. The van der Waals surface area contributed by atoms with Gasteiger partial charge in [0.25, 0.3) is 0 Å². The number of carbonyl (C=O) groups excluding carboxylic acids is 2. The van der Waals surface area contributed by atoms with Crippen molar-refractivity contribution in [3.63, 3.8) is 0 Å². The van der Waals surface area contributed by atoms with Crippen molar-refractivity contribution in [1.29, 1.82) is 0 Å². The topological polar surface area (TPSA) is 127 Å². The number of nitrogens with zero attached hydrogens (tertiary/aromatic N) is 3. The van der Waals surface area contributed by atoms with E-state index in [2.05, 4.69) is 49.4 Å². The number of rotatable bonds is 7. The van der Waals surface area contributed by atoms with Crippen LogP contribution in [-0.2, 0) is 14.0 Å². The van der Waals surface area contributed by atoms with E-state index in [4.69, 9.17) is 13.6 Å². The minimum Gasteiger partial charge on any atom is -0.444 e. The van der Waals surface area contributed by atoms with Gasteiger partial charge in [-0.05, 0) is 58.7 Å². The van der Waals surface area contributed by atoms with Gasteiger partial charge in [0.2, 0.25) is 18.2 Å². The third-order valence-corrected chi connectivity index (χ3v) is 11.0. The Kier molecular flexibility index (Phi) is 8.02. The van der Waals surface area contributed by atoms with Crippen LogP contribution in [-0.4, -0.2) is 70.9 Å². The lowest BCUT2D eigenvalue weighted by Crippen LogP contribution is -2.64. The molecule has 1 aromatic rings. The molecule has 2 rings (SSSR count). The van der Waals surface area contributed by atoms with Gasteiger partial charge in [-0.1, -0.05) is 20.8 Å². The van der Waals surface area contributed by atoms with Crippen LogP contribution >= 0.6 is 0 Å². The molecular weight excluding hydrogens is 444 g/mol. The highest BCUT2D eigenvalue weighted by Gasteiger charge is 2.55. The first kappa shape index (κ1) is 27.3. The molecule has 0 aliphatic carbocycles. The average Bonchev–Trinajstić information content (AvgIpc) is 3.32. The van der Waals surface area contributed by atoms with Gasteiger partial charge in [-0.2, -0.15) is 0 Å². The third-order valence-electron chi connectivity index (χ3n) is 6.52. The Balaban J connectivity index is 2.30. The van der Waals surface area contributed by atoms with Crippen molar-refractivity contribution in [2.45, 2.75) is 103 Å². The number of amides is 2. The molecule has 2 amide bonds. The maximum atomic E-state index is 13.7. The molecule has 0 saturated carbocycles. The van der Waals surface area contributed by atoms with Crippen molar-refractivity contribution in [3.8, 4) is 0 Å². The van der Waals surface area contributed by atoms with Gasteiger partial charge in [0, 0.05) is 6.54 Å². The molecule has 0 bridgehead atoms. The molecule has 0 radical (unpaired) electrons. The average molecular weight is 485 g/mol. The van der Waals surface area contributed by atoms with E-state index in [-0.39, 0.29) is 17.5 Å². The highest BCUT2D eigenvalue weighted by Crippen LogP contribution is 2.38. The first-order valence-corrected chi connectivity index (χ1v) is 14.3. The summed E-state index contributed by atoms with van der Waals surface area (Å²) in [4.78, 5) is 27.9. The summed E-state index contributed by atoms with van der Waals surface area (Å²) < 4.78 is 17.2. The van der Waals surface area contributed by atoms with Crippen LogP contribution in [0.1, 0.15) is 73.2 Å². The summed E-state index contributed by atoms with van der Waals surface area (Å²) >= 11 is 0. The normalized spacial score (nSPS) is 21.6. The van der Waals surface area contributed by atoms with Crippen molar-refractivity contribution < 1.29 is 28.3 Å². The van der Waals surface area contributed by atoms with Crippen LogP contribution in [0.2, 0.25) is 18.1 Å². The Morgan fingerprint density at radius 3 is 2.42 bits per heavy atom. The van der Waals surface area contributed by atoms with E-state index in [0.29, 0.717) is 19.4 Å². The van der Waals surface area contributed by atoms with Crippen molar-refractivity contribution in [2.75, 3.05) is 13.2 Å². The summed E-state index contributed by atoms with van der Waals surface area (Å²) in [6, 6.07) is -0.731. The van der Waals surface area contributed by atoms with Crippen molar-refractivity contribution in [3.05, 3.63) is 12.3 Å². The number of likely N-dealkylation sites (tertiary alicyclic amines) is 1. The second-order valence-corrected chi connectivity index (χ2v) is 16.0. The summed E-state index contributed by atoms with van der Waals surface area (Å²) in [5, 5.41) is 21.3. The largest absolute Gasteiger partial charge is 0.444 e. The highest BCUT2D eigenvalue weighted by atomic mass is 28.4. The number of aliphatic hydroxyl groups is 1. The van der Waals surface area contributed by atoms with E-state index in [9.17, 15) is 14.7 Å². The number of aromatic nitrogens is 2. The number of aliphatic hydroxyl groups excluding tert-OH is 1. The predicted octanol–water partition coefficient (Wildman–Crippen LogP) is 3.40. The first-order valence-electron chi connectivity index (χ1n) is 11.4. The quantitative estimate of drug-likeness (QED) is 0.564. The maximum Gasteiger partial charge on any atom is 0.411 e. The molecule has 2 heterocycles. The molecule has 33 heavy (non-hydrogen) atoms. The molecular formula is C22H40N4O6Si. The van der Waals surface area contributed by atoms with Gasteiger partial charge in [0.1, 0.15) is 11.6 Å². The van der Waals surface area contributed by atoms with E-state index in [1.54, 1.807) is 20.8 Å². The van der Waals surface area contributed by atoms with Crippen LogP contribution in [0.5, 0.6) is 0 Å². The number of ether oxygens (including phenoxy) is 1. The lowest BCUT2D eigenvalue weighted by Gasteiger charge is -2.41. The van der Waals surface area contributed by atoms with E-state index >= 15 is 0 Å². The Bertz CT molecular complexity index is 816. The zero-order valence-corrected chi connectivity index (χ0v) is 22.4. The number of carbonyl (C=O) groups is 2. The SMILES string of the molecule is CC(O)C1(C(=O)NC(CO[Si](C)(C)C(C)(C)C)c2nnco2)CCCN1C(=O)OC(C)(C)C. The molecule has 1 saturated heterocycles. The zero-order valence-electron chi connectivity index (χ0n) is 21.4. The number of hydrogen-bond acceptors (Lipinski definition) is 8. The smallest absolute Gasteiger partial charge is 0.411 e. The van der Waals surface area contributed by atoms with Crippen LogP contribution < -0.4 is 5.32 Å². The zero-order chi connectivity index (χ0) is 25.2. The molecule has 1 aliphatic rings. The fourth-order valence-electron chi connectivity index (χ4n) is 3.57. The van der Waals surface area contributed by atoms with Crippen LogP contribution in [0.3, 0.4) is 0 Å². The lowest BCUT2D eigenvalue weighted by molar-refractivity contribution is -0.139. The summed E-state index contributed by atoms with van der Waals surface area (Å²) in [5.74, 6) is -0.312. The van der Waals surface area contributed by atoms with E-state index < -0.39 is 43.6 Å². The summed E-state index contributed by atoms with van der Waals surface area (Å²) in [5.41, 5.74) is -2.21. The molecule has 2 N–H and O–H groups in total. The highest BCUT2D eigenvalue weighted by molar-refractivity contribution is 6.74.